The molecule has 0 radical (unpaired) electrons. The number of nitrogens with one attached hydrogen (secondary N) is 1. The van der Waals surface area contributed by atoms with Crippen LogP contribution in [0.1, 0.15) is 10.6 Å². The Kier molecular flexibility index (Phi) is 5.27. The molecular weight excluding hydrogens is 230 g/mol. The number of carbonyl (C=O) groups excluding carboxylic acids is 1. The van der Waals surface area contributed by atoms with Crippen molar-refractivity contribution in [3.8, 4) is 0 Å². The summed E-state index contributed by atoms with van der Waals surface area (Å²) in [5, 5.41) is 11.0. The van der Waals surface area contributed by atoms with E-state index in [0.717, 1.165) is 0 Å². The van der Waals surface area contributed by atoms with Crippen LogP contribution in [0.5, 0.6) is 0 Å². The fourth-order valence-corrected chi connectivity index (χ4v) is 1.46. The van der Waals surface area contributed by atoms with Gasteiger partial charge in [0.25, 0.3) is 5.91 Å². The smallest absolute Gasteiger partial charge is 0.313 e. The average molecular weight is 241 g/mol. The lowest BCUT2D eigenvalue weighted by atomic mass is 10.5. The van der Waals surface area contributed by atoms with Crippen molar-refractivity contribution in [2.45, 2.75) is 0 Å². The first kappa shape index (κ1) is 12.4. The summed E-state index contributed by atoms with van der Waals surface area (Å²) in [6.07, 6.45) is 2.97. The highest BCUT2D eigenvalue weighted by Gasteiger charge is 2.06. The Morgan fingerprint density at radius 3 is 2.69 bits per heavy atom. The predicted molar refractivity (Wildman–Crippen MR) is 59.3 cm³/mol. The van der Waals surface area contributed by atoms with E-state index in [9.17, 15) is 9.59 Å². The molecule has 1 aromatic heterocycles. The minimum atomic E-state index is -0.859. The van der Waals surface area contributed by atoms with Crippen LogP contribution in [-0.2, 0) is 4.79 Å². The first-order chi connectivity index (χ1) is 7.70. The Morgan fingerprint density at radius 2 is 2.06 bits per heavy atom. The second kappa shape index (κ2) is 6.78. The molecule has 0 unspecified atom stereocenters. The summed E-state index contributed by atoms with van der Waals surface area (Å²) in [5.74, 6) is -0.507. The topological polar surface area (TPSA) is 92.2 Å². The third kappa shape index (κ3) is 4.74. The average Bonchev–Trinajstić information content (AvgIpc) is 2.29. The van der Waals surface area contributed by atoms with E-state index < -0.39 is 5.97 Å². The lowest BCUT2D eigenvalue weighted by Gasteiger charge is -2.02. The molecule has 0 aliphatic carbocycles. The molecule has 0 bridgehead atoms. The van der Waals surface area contributed by atoms with Gasteiger partial charge in [-0.2, -0.15) is 0 Å². The van der Waals surface area contributed by atoms with Crippen LogP contribution in [0, 0.1) is 0 Å². The molecule has 0 atom stereocenters. The molecule has 1 heterocycles. The van der Waals surface area contributed by atoms with Gasteiger partial charge in [0.2, 0.25) is 5.82 Å². The Bertz CT molecular complexity index is 358. The molecule has 1 rings (SSSR count). The number of carboxylic acids is 1. The summed E-state index contributed by atoms with van der Waals surface area (Å²) >= 11 is 1.24. The molecular formula is C9H11N3O3S. The minimum Gasteiger partial charge on any atom is -0.481 e. The second-order valence-electron chi connectivity index (χ2n) is 2.77. The maximum Gasteiger partial charge on any atom is 0.313 e. The molecule has 0 saturated heterocycles. The summed E-state index contributed by atoms with van der Waals surface area (Å²) in [7, 11) is 0. The van der Waals surface area contributed by atoms with E-state index in [1.54, 1.807) is 6.07 Å². The summed E-state index contributed by atoms with van der Waals surface area (Å²) < 4.78 is 0. The zero-order valence-electron chi connectivity index (χ0n) is 8.42. The number of carbonyl (C=O) groups is 2. The molecule has 1 aromatic rings. The summed E-state index contributed by atoms with van der Waals surface area (Å²) in [4.78, 5) is 29.1. The number of amides is 1. The van der Waals surface area contributed by atoms with Crippen LogP contribution in [0.3, 0.4) is 0 Å². The van der Waals surface area contributed by atoms with E-state index in [4.69, 9.17) is 5.11 Å². The summed E-state index contributed by atoms with van der Waals surface area (Å²) in [6.45, 7) is 0.398. The van der Waals surface area contributed by atoms with Crippen LogP contribution in [0.25, 0.3) is 0 Å². The van der Waals surface area contributed by atoms with Crippen molar-refractivity contribution in [3.63, 3.8) is 0 Å². The van der Waals surface area contributed by atoms with Gasteiger partial charge >= 0.3 is 5.97 Å². The standard InChI is InChI=1S/C9H11N3O3S/c13-7(14)6-16-5-4-12-9(15)8-10-2-1-3-11-8/h1-3H,4-6H2,(H,12,15)(H,13,14). The van der Waals surface area contributed by atoms with Crippen LogP contribution >= 0.6 is 11.8 Å². The minimum absolute atomic E-state index is 0.0394. The van der Waals surface area contributed by atoms with Gasteiger partial charge in [-0.25, -0.2) is 9.97 Å². The summed E-state index contributed by atoms with van der Waals surface area (Å²) in [5.41, 5.74) is 0. The van der Waals surface area contributed by atoms with Crippen molar-refractivity contribution in [2.24, 2.45) is 0 Å². The molecule has 7 heteroatoms. The number of aromatic nitrogens is 2. The zero-order chi connectivity index (χ0) is 11.8. The van der Waals surface area contributed by atoms with E-state index in [1.807, 2.05) is 0 Å². The number of thioether (sulfide) groups is 1. The van der Waals surface area contributed by atoms with Crippen molar-refractivity contribution in [2.75, 3.05) is 18.1 Å². The highest BCUT2D eigenvalue weighted by atomic mass is 32.2. The van der Waals surface area contributed by atoms with Crippen LogP contribution in [0.2, 0.25) is 0 Å². The van der Waals surface area contributed by atoms with E-state index in [2.05, 4.69) is 15.3 Å². The van der Waals surface area contributed by atoms with Gasteiger partial charge in [-0.05, 0) is 6.07 Å². The Labute approximate surface area is 96.5 Å². The monoisotopic (exact) mass is 241 g/mol. The molecule has 2 N–H and O–H groups in total. The quantitative estimate of drug-likeness (QED) is 0.682. The van der Waals surface area contributed by atoms with Crippen molar-refractivity contribution in [1.29, 1.82) is 0 Å². The van der Waals surface area contributed by atoms with Gasteiger partial charge < -0.3 is 10.4 Å². The van der Waals surface area contributed by atoms with Gasteiger partial charge in [-0.15, -0.1) is 11.8 Å². The van der Waals surface area contributed by atoms with Crippen LogP contribution in [0.4, 0.5) is 0 Å². The molecule has 0 saturated carbocycles. The number of nitrogens with zero attached hydrogens (tertiary/aromatic N) is 2. The molecule has 0 aliphatic rings. The Morgan fingerprint density at radius 1 is 1.38 bits per heavy atom. The van der Waals surface area contributed by atoms with Gasteiger partial charge in [0.15, 0.2) is 0 Å². The van der Waals surface area contributed by atoms with E-state index >= 15 is 0 Å². The Balaban J connectivity index is 2.19. The van der Waals surface area contributed by atoms with Crippen LogP contribution < -0.4 is 5.32 Å². The van der Waals surface area contributed by atoms with E-state index in [0.29, 0.717) is 12.3 Å². The maximum absolute atomic E-state index is 11.4. The van der Waals surface area contributed by atoms with Gasteiger partial charge in [0.1, 0.15) is 0 Å². The molecule has 6 nitrogen and oxygen atoms in total. The first-order valence-corrected chi connectivity index (χ1v) is 5.70. The number of rotatable bonds is 6. The maximum atomic E-state index is 11.4. The van der Waals surface area contributed by atoms with Gasteiger partial charge in [-0.3, -0.25) is 9.59 Å². The highest BCUT2D eigenvalue weighted by molar-refractivity contribution is 7.99. The number of hydrogen-bond acceptors (Lipinski definition) is 5. The SMILES string of the molecule is O=C(O)CSCCNC(=O)c1ncccn1. The molecule has 16 heavy (non-hydrogen) atoms. The molecule has 86 valence electrons. The largest absolute Gasteiger partial charge is 0.481 e. The third-order valence-electron chi connectivity index (χ3n) is 1.53. The third-order valence-corrected chi connectivity index (χ3v) is 2.47. The molecule has 0 aromatic carbocycles. The van der Waals surface area contributed by atoms with Crippen LogP contribution in [0.15, 0.2) is 18.5 Å². The van der Waals surface area contributed by atoms with Crippen molar-refractivity contribution in [3.05, 3.63) is 24.3 Å². The number of hydrogen-bond donors (Lipinski definition) is 2. The molecule has 1 amide bonds. The second-order valence-corrected chi connectivity index (χ2v) is 3.88. The van der Waals surface area contributed by atoms with Crippen molar-refractivity contribution in [1.82, 2.24) is 15.3 Å². The fourth-order valence-electron chi connectivity index (χ4n) is 0.892. The highest BCUT2D eigenvalue weighted by Crippen LogP contribution is 1.97. The first-order valence-electron chi connectivity index (χ1n) is 4.55. The molecule has 0 aliphatic heterocycles. The predicted octanol–water partition coefficient (Wildman–Crippen LogP) is 0.0242. The van der Waals surface area contributed by atoms with Gasteiger partial charge in [0, 0.05) is 24.7 Å². The lowest BCUT2D eigenvalue weighted by molar-refractivity contribution is -0.133. The van der Waals surface area contributed by atoms with E-state index in [1.165, 1.54) is 24.2 Å². The van der Waals surface area contributed by atoms with Crippen LogP contribution in [-0.4, -0.2) is 45.0 Å². The Hall–Kier alpha value is -1.63. The lowest BCUT2D eigenvalue weighted by Crippen LogP contribution is -2.27. The van der Waals surface area contributed by atoms with Crippen molar-refractivity contribution >= 4 is 23.6 Å². The number of aliphatic carboxylic acids is 1. The zero-order valence-corrected chi connectivity index (χ0v) is 9.24. The van der Waals surface area contributed by atoms with Crippen molar-refractivity contribution < 1.29 is 14.7 Å². The van der Waals surface area contributed by atoms with Gasteiger partial charge in [0.05, 0.1) is 5.75 Å². The van der Waals surface area contributed by atoms with E-state index in [-0.39, 0.29) is 17.5 Å². The molecule has 0 fully saturated rings. The summed E-state index contributed by atoms with van der Waals surface area (Å²) in [6, 6.07) is 1.62. The normalized spacial score (nSPS) is 9.75. The van der Waals surface area contributed by atoms with Gasteiger partial charge in [-0.1, -0.05) is 0 Å². The molecule has 0 spiro atoms. The number of carboxylic acid groups (broad SMARTS) is 1. The fraction of sp³-hybridized carbons (Fsp3) is 0.333.